The maximum atomic E-state index is 13.6. The Kier molecular flexibility index (Phi) is 6.41. The molecule has 6 aliphatic rings. The summed E-state index contributed by atoms with van der Waals surface area (Å²) in [6, 6.07) is 0. The number of carbonyl (C=O) groups is 4. The van der Waals surface area contributed by atoms with Crippen LogP contribution in [-0.2, 0) is 38.1 Å². The van der Waals surface area contributed by atoms with Gasteiger partial charge in [-0.15, -0.1) is 0 Å². The number of hydrogen-bond donors (Lipinski definition) is 0. The minimum atomic E-state index is -0.741. The van der Waals surface area contributed by atoms with Crippen molar-refractivity contribution in [2.24, 2.45) is 40.4 Å². The Labute approximate surface area is 236 Å². The van der Waals surface area contributed by atoms with E-state index < -0.39 is 23.1 Å². The van der Waals surface area contributed by atoms with Crippen molar-refractivity contribution in [3.63, 3.8) is 0 Å². The highest BCUT2D eigenvalue weighted by Crippen LogP contribution is 2.73. The van der Waals surface area contributed by atoms with Crippen LogP contribution in [0.25, 0.3) is 0 Å². The van der Waals surface area contributed by atoms with Crippen LogP contribution < -0.4 is 0 Å². The van der Waals surface area contributed by atoms with Crippen molar-refractivity contribution < 1.29 is 38.1 Å². The van der Waals surface area contributed by atoms with Gasteiger partial charge in [-0.05, 0) is 93.1 Å². The molecule has 1 saturated heterocycles. The van der Waals surface area contributed by atoms with Crippen molar-refractivity contribution >= 4 is 23.7 Å². The number of fused-ring (bicyclic) bond motifs is 4. The van der Waals surface area contributed by atoms with Gasteiger partial charge in [-0.2, -0.15) is 0 Å². The lowest BCUT2D eigenvalue weighted by Crippen LogP contribution is -2.64. The molecular formula is C32H42O8. The Morgan fingerprint density at radius 3 is 2.52 bits per heavy atom. The third kappa shape index (κ3) is 3.73. The molecule has 0 aromatic heterocycles. The molecule has 218 valence electrons. The highest BCUT2D eigenvalue weighted by Gasteiger charge is 2.81. The van der Waals surface area contributed by atoms with Gasteiger partial charge in [0.25, 0.3) is 0 Å². The first kappa shape index (κ1) is 27.7. The predicted octanol–water partition coefficient (Wildman–Crippen LogP) is 4.49. The Hall–Kier alpha value is -2.48. The number of carbonyl (C=O) groups excluding carboxylic acids is 4. The third-order valence-electron chi connectivity index (χ3n) is 12.1. The minimum Gasteiger partial charge on any atom is -0.461 e. The van der Waals surface area contributed by atoms with Crippen molar-refractivity contribution in [1.82, 2.24) is 0 Å². The van der Waals surface area contributed by atoms with Gasteiger partial charge < -0.3 is 18.9 Å². The lowest BCUT2D eigenvalue weighted by Gasteiger charge is -2.58. The highest BCUT2D eigenvalue weighted by molar-refractivity contribution is 5.98. The molecule has 4 fully saturated rings. The highest BCUT2D eigenvalue weighted by atomic mass is 16.7. The van der Waals surface area contributed by atoms with E-state index in [0.717, 1.165) is 37.7 Å². The van der Waals surface area contributed by atoms with Gasteiger partial charge in [0.15, 0.2) is 11.9 Å². The summed E-state index contributed by atoms with van der Waals surface area (Å²) in [7, 11) is 0. The van der Waals surface area contributed by atoms with Gasteiger partial charge in [-0.25, -0.2) is 4.79 Å². The van der Waals surface area contributed by atoms with Crippen LogP contribution in [0.4, 0.5) is 0 Å². The summed E-state index contributed by atoms with van der Waals surface area (Å²) in [6.45, 7) is 11.4. The Bertz CT molecular complexity index is 1220. The van der Waals surface area contributed by atoms with Crippen molar-refractivity contribution in [3.8, 4) is 0 Å². The normalized spacial score (nSPS) is 45.9. The molecule has 0 aromatic rings. The molecule has 0 radical (unpaired) electrons. The first-order valence-corrected chi connectivity index (χ1v) is 14.9. The minimum absolute atomic E-state index is 0.0386. The third-order valence-corrected chi connectivity index (χ3v) is 12.1. The van der Waals surface area contributed by atoms with Crippen LogP contribution in [0.15, 0.2) is 23.3 Å². The van der Waals surface area contributed by atoms with E-state index in [4.69, 9.17) is 18.9 Å². The molecule has 6 rings (SSSR count). The van der Waals surface area contributed by atoms with E-state index >= 15 is 0 Å². The molecule has 8 heteroatoms. The Morgan fingerprint density at radius 2 is 1.85 bits per heavy atom. The average Bonchev–Trinajstić information content (AvgIpc) is 3.51. The molecule has 2 aliphatic heterocycles. The van der Waals surface area contributed by atoms with E-state index in [1.54, 1.807) is 12.2 Å². The van der Waals surface area contributed by atoms with Crippen molar-refractivity contribution in [2.45, 2.75) is 104 Å². The maximum Gasteiger partial charge on any atom is 0.337 e. The van der Waals surface area contributed by atoms with Crippen LogP contribution in [-0.4, -0.2) is 54.2 Å². The lowest BCUT2D eigenvalue weighted by molar-refractivity contribution is -0.166. The Morgan fingerprint density at radius 1 is 1.10 bits per heavy atom. The van der Waals surface area contributed by atoms with Crippen LogP contribution in [0.3, 0.4) is 0 Å². The molecule has 11 atom stereocenters. The van der Waals surface area contributed by atoms with Gasteiger partial charge in [0.05, 0.1) is 17.1 Å². The molecule has 0 amide bonds. The van der Waals surface area contributed by atoms with Gasteiger partial charge in [0.2, 0.25) is 0 Å². The molecule has 3 saturated carbocycles. The van der Waals surface area contributed by atoms with E-state index in [0.29, 0.717) is 29.7 Å². The molecule has 1 spiro atoms. The molecular weight excluding hydrogens is 512 g/mol. The molecule has 0 aromatic carbocycles. The summed E-state index contributed by atoms with van der Waals surface area (Å²) >= 11 is 0. The molecule has 4 aliphatic carbocycles. The number of esters is 3. The zero-order chi connectivity index (χ0) is 28.8. The molecule has 40 heavy (non-hydrogen) atoms. The first-order valence-electron chi connectivity index (χ1n) is 14.9. The summed E-state index contributed by atoms with van der Waals surface area (Å²) in [5.41, 5.74) is 0.0214. The second-order valence-corrected chi connectivity index (χ2v) is 13.7. The first-order chi connectivity index (χ1) is 18.8. The fraction of sp³-hybridized carbons (Fsp3) is 0.750. The van der Waals surface area contributed by atoms with E-state index in [-0.39, 0.29) is 53.8 Å². The number of rotatable bonds is 5. The van der Waals surface area contributed by atoms with E-state index in [9.17, 15) is 19.2 Å². The Balaban J connectivity index is 1.22. The van der Waals surface area contributed by atoms with Crippen LogP contribution in [0, 0.1) is 40.4 Å². The molecule has 0 N–H and O–H groups in total. The van der Waals surface area contributed by atoms with Gasteiger partial charge in [-0.3, -0.25) is 14.4 Å². The van der Waals surface area contributed by atoms with Crippen LogP contribution in [0.1, 0.15) is 80.1 Å². The average molecular weight is 555 g/mol. The second-order valence-electron chi connectivity index (χ2n) is 13.7. The molecule has 0 bridgehead atoms. The number of epoxide rings is 1. The summed E-state index contributed by atoms with van der Waals surface area (Å²) in [6.07, 6.45) is 8.18. The van der Waals surface area contributed by atoms with Crippen molar-refractivity contribution in [2.75, 3.05) is 6.61 Å². The summed E-state index contributed by atoms with van der Waals surface area (Å²) in [5.74, 6) is 0.531. The van der Waals surface area contributed by atoms with Gasteiger partial charge >= 0.3 is 17.9 Å². The van der Waals surface area contributed by atoms with Gasteiger partial charge in [-0.1, -0.05) is 19.4 Å². The standard InChI is InChI=1S/C32H42O8/c1-16-13-25(39-29(36)21(16)15-37-18(3)33)17(2)22-7-8-23-20-14-28-32(40-28)27(38-19(4)34)10-9-26(35)31(32,6)24(20)11-12-30(22,23)5/h9-10,17,20,22-25,27-28H,7-8,11-15H2,1-6H3/t17-,20-,22+,23-,24-,25-,27-,28+,30+,31-,32+/m0/s1. The van der Waals surface area contributed by atoms with Crippen LogP contribution in [0.2, 0.25) is 0 Å². The summed E-state index contributed by atoms with van der Waals surface area (Å²) in [5, 5.41) is 0. The largest absolute Gasteiger partial charge is 0.461 e. The summed E-state index contributed by atoms with van der Waals surface area (Å²) < 4.78 is 23.2. The number of allylic oxidation sites excluding steroid dienone is 1. The van der Waals surface area contributed by atoms with Gasteiger partial charge in [0.1, 0.15) is 18.3 Å². The smallest absolute Gasteiger partial charge is 0.337 e. The van der Waals surface area contributed by atoms with E-state index in [2.05, 4.69) is 20.8 Å². The number of ketones is 1. The maximum absolute atomic E-state index is 13.6. The van der Waals surface area contributed by atoms with E-state index in [1.165, 1.54) is 13.8 Å². The zero-order valence-corrected chi connectivity index (χ0v) is 24.5. The van der Waals surface area contributed by atoms with Crippen LogP contribution in [0.5, 0.6) is 0 Å². The van der Waals surface area contributed by atoms with E-state index in [1.807, 2.05) is 6.92 Å². The molecule has 2 heterocycles. The molecule has 8 nitrogen and oxygen atoms in total. The topological polar surface area (TPSA) is 108 Å². The van der Waals surface area contributed by atoms with Crippen molar-refractivity contribution in [3.05, 3.63) is 23.3 Å². The predicted molar refractivity (Wildman–Crippen MR) is 144 cm³/mol. The fourth-order valence-corrected chi connectivity index (χ4v) is 10.1. The zero-order valence-electron chi connectivity index (χ0n) is 24.5. The van der Waals surface area contributed by atoms with Crippen molar-refractivity contribution in [1.29, 1.82) is 0 Å². The quantitative estimate of drug-likeness (QED) is 0.278. The number of hydrogen-bond acceptors (Lipinski definition) is 8. The monoisotopic (exact) mass is 554 g/mol. The lowest BCUT2D eigenvalue weighted by atomic mass is 9.44. The van der Waals surface area contributed by atoms with Crippen LogP contribution >= 0.6 is 0 Å². The summed E-state index contributed by atoms with van der Waals surface area (Å²) in [4.78, 5) is 49.7. The second kappa shape index (κ2) is 9.27. The SMILES string of the molecule is CC(=O)OCC1=C(C)C[C@@H]([C@@H](C)[C@H]2CC[C@H]3[C@@H]4C[C@H]5O[C@]56[C@@H](OC(C)=O)C=CC(=O)[C@]6(C)[C@H]4CC[C@]23C)OC1=O. The molecule has 0 unspecified atom stereocenters. The number of cyclic esters (lactones) is 1. The van der Waals surface area contributed by atoms with Gasteiger partial charge in [0, 0.05) is 20.3 Å². The number of ether oxygens (including phenoxy) is 4. The fourth-order valence-electron chi connectivity index (χ4n) is 10.1.